The van der Waals surface area contributed by atoms with Crippen molar-refractivity contribution in [2.45, 2.75) is 44.7 Å². The van der Waals surface area contributed by atoms with Crippen LogP contribution < -0.4 is 27.4 Å². The molecule has 0 aromatic carbocycles. The van der Waals surface area contributed by atoms with Crippen LogP contribution in [0.5, 0.6) is 0 Å². The molecule has 2 aromatic rings. The van der Waals surface area contributed by atoms with Crippen LogP contribution in [0, 0.1) is 5.82 Å². The quantitative estimate of drug-likeness (QED) is 0.498. The van der Waals surface area contributed by atoms with E-state index in [0.29, 0.717) is 11.4 Å². The molecular weight excluding hydrogens is 377 g/mol. The van der Waals surface area contributed by atoms with Crippen molar-refractivity contribution in [3.8, 4) is 0 Å². The fourth-order valence-corrected chi connectivity index (χ4v) is 3.30. The first kappa shape index (κ1) is 20.5. The zero-order valence-corrected chi connectivity index (χ0v) is 16.0. The smallest absolute Gasteiger partial charge is 0.252 e. The number of amides is 2. The van der Waals surface area contributed by atoms with Gasteiger partial charge in [0.1, 0.15) is 5.82 Å². The first-order chi connectivity index (χ1) is 13.8. The lowest BCUT2D eigenvalue weighted by atomic mass is 9.91. The predicted octanol–water partition coefficient (Wildman–Crippen LogP) is 2.10. The fourth-order valence-electron chi connectivity index (χ4n) is 3.30. The summed E-state index contributed by atoms with van der Waals surface area (Å²) < 4.78 is 14.6. The second kappa shape index (κ2) is 8.82. The van der Waals surface area contributed by atoms with Crippen molar-refractivity contribution in [2.24, 2.45) is 11.5 Å². The summed E-state index contributed by atoms with van der Waals surface area (Å²) in [6.07, 6.45) is 6.65. The molecule has 0 aliphatic heterocycles. The Balaban J connectivity index is 1.90. The van der Waals surface area contributed by atoms with Crippen LogP contribution >= 0.6 is 0 Å². The number of nitrogens with one attached hydrogen (secondary N) is 3. The van der Waals surface area contributed by atoms with Crippen molar-refractivity contribution in [3.63, 3.8) is 0 Å². The van der Waals surface area contributed by atoms with E-state index in [-0.39, 0.29) is 35.2 Å². The number of pyridine rings is 2. The molecule has 0 bridgehead atoms. The van der Waals surface area contributed by atoms with Crippen molar-refractivity contribution in [1.82, 2.24) is 9.97 Å². The molecular formula is C19H24FN7O2. The van der Waals surface area contributed by atoms with E-state index in [2.05, 4.69) is 25.9 Å². The first-order valence-corrected chi connectivity index (χ1v) is 9.35. The lowest BCUT2D eigenvalue weighted by molar-refractivity contribution is -0.114. The van der Waals surface area contributed by atoms with Gasteiger partial charge in [0, 0.05) is 19.0 Å². The van der Waals surface area contributed by atoms with Gasteiger partial charge in [0.15, 0.2) is 11.6 Å². The van der Waals surface area contributed by atoms with Crippen LogP contribution in [0.15, 0.2) is 24.5 Å². The number of aromatic nitrogens is 2. The van der Waals surface area contributed by atoms with Crippen molar-refractivity contribution < 1.29 is 14.0 Å². The number of hydrogen-bond acceptors (Lipinski definition) is 7. The summed E-state index contributed by atoms with van der Waals surface area (Å²) >= 11 is 0. The summed E-state index contributed by atoms with van der Waals surface area (Å²) in [4.78, 5) is 31.3. The number of rotatable bonds is 6. The molecule has 2 atom stereocenters. The molecule has 1 fully saturated rings. The Hall–Kier alpha value is -3.27. The number of nitrogens with two attached hydrogens (primary N) is 2. The summed E-state index contributed by atoms with van der Waals surface area (Å²) in [5.41, 5.74) is 12.3. The van der Waals surface area contributed by atoms with Gasteiger partial charge >= 0.3 is 0 Å². The summed E-state index contributed by atoms with van der Waals surface area (Å²) in [7, 11) is 0. The molecule has 1 aliphatic carbocycles. The Labute approximate surface area is 167 Å². The van der Waals surface area contributed by atoms with E-state index in [4.69, 9.17) is 11.5 Å². The molecule has 0 radical (unpaired) electrons. The highest BCUT2D eigenvalue weighted by Crippen LogP contribution is 2.27. The van der Waals surface area contributed by atoms with Gasteiger partial charge in [-0.3, -0.25) is 14.6 Å². The minimum atomic E-state index is -0.828. The molecule has 3 rings (SSSR count). The standard InChI is InChI=1S/C19H24FN7O2/c1-10(28)24-11-6-12(9-23-8-11)25-18-13(17(22)29)7-14(20)19(27-18)26-16-5-3-2-4-15(16)21/h6-9,15-16H,2-5,21H2,1H3,(H2,22,29)(H,24,28)(H2,25,26,27)/t15-,16?/m0/s1. The molecule has 2 heterocycles. The number of carbonyl (C=O) groups is 2. The van der Waals surface area contributed by atoms with Gasteiger partial charge in [0.2, 0.25) is 5.91 Å². The van der Waals surface area contributed by atoms with E-state index in [1.54, 1.807) is 6.07 Å². The van der Waals surface area contributed by atoms with E-state index in [9.17, 15) is 14.0 Å². The highest BCUT2D eigenvalue weighted by molar-refractivity contribution is 5.98. The van der Waals surface area contributed by atoms with Crippen LogP contribution in [0.4, 0.5) is 27.4 Å². The number of carbonyl (C=O) groups excluding carboxylic acids is 2. The number of primary amides is 1. The number of anilines is 4. The normalized spacial score (nSPS) is 18.7. The Kier molecular flexibility index (Phi) is 6.23. The van der Waals surface area contributed by atoms with Crippen LogP contribution in [0.1, 0.15) is 43.0 Å². The van der Waals surface area contributed by atoms with E-state index in [1.807, 2.05) is 0 Å². The third-order valence-electron chi connectivity index (χ3n) is 4.70. The summed E-state index contributed by atoms with van der Waals surface area (Å²) in [6, 6.07) is 2.44. The molecule has 2 amide bonds. The maximum absolute atomic E-state index is 14.6. The van der Waals surface area contributed by atoms with E-state index < -0.39 is 11.7 Å². The molecule has 154 valence electrons. The highest BCUT2D eigenvalue weighted by Gasteiger charge is 2.24. The second-order valence-corrected chi connectivity index (χ2v) is 7.05. The number of hydrogen-bond donors (Lipinski definition) is 5. The zero-order chi connectivity index (χ0) is 21.0. The molecule has 10 heteroatoms. The van der Waals surface area contributed by atoms with Gasteiger partial charge in [-0.1, -0.05) is 12.8 Å². The predicted molar refractivity (Wildman–Crippen MR) is 108 cm³/mol. The Morgan fingerprint density at radius 3 is 2.55 bits per heavy atom. The molecule has 0 spiro atoms. The zero-order valence-electron chi connectivity index (χ0n) is 16.0. The monoisotopic (exact) mass is 401 g/mol. The SMILES string of the molecule is CC(=O)Nc1cncc(Nc2nc(NC3CCCC[C@@H]3N)c(F)cc2C(N)=O)c1. The summed E-state index contributed by atoms with van der Waals surface area (Å²) in [5.74, 6) is -1.70. The molecule has 0 saturated heterocycles. The highest BCUT2D eigenvalue weighted by atomic mass is 19.1. The van der Waals surface area contributed by atoms with Gasteiger partial charge in [-0.15, -0.1) is 0 Å². The number of halogens is 1. The van der Waals surface area contributed by atoms with Crippen LogP contribution in [0.3, 0.4) is 0 Å². The van der Waals surface area contributed by atoms with Gasteiger partial charge in [-0.05, 0) is 25.0 Å². The summed E-state index contributed by atoms with van der Waals surface area (Å²) in [5, 5.41) is 8.58. The molecule has 1 unspecified atom stereocenters. The lowest BCUT2D eigenvalue weighted by Gasteiger charge is -2.30. The van der Waals surface area contributed by atoms with Gasteiger partial charge < -0.3 is 27.4 Å². The third-order valence-corrected chi connectivity index (χ3v) is 4.70. The average Bonchev–Trinajstić information content (AvgIpc) is 2.65. The van der Waals surface area contributed by atoms with Gasteiger partial charge in [-0.25, -0.2) is 9.37 Å². The molecule has 9 nitrogen and oxygen atoms in total. The van der Waals surface area contributed by atoms with E-state index >= 15 is 0 Å². The van der Waals surface area contributed by atoms with E-state index in [1.165, 1.54) is 19.3 Å². The van der Waals surface area contributed by atoms with Crippen LogP contribution in [-0.4, -0.2) is 33.9 Å². The van der Waals surface area contributed by atoms with Crippen LogP contribution in [0.25, 0.3) is 0 Å². The number of nitrogens with zero attached hydrogens (tertiary/aromatic N) is 2. The maximum atomic E-state index is 14.6. The van der Waals surface area contributed by atoms with Crippen molar-refractivity contribution in [3.05, 3.63) is 35.9 Å². The molecule has 1 aliphatic rings. The van der Waals surface area contributed by atoms with Gasteiger partial charge in [0.25, 0.3) is 5.91 Å². The maximum Gasteiger partial charge on any atom is 0.252 e. The molecule has 1 saturated carbocycles. The van der Waals surface area contributed by atoms with Crippen LogP contribution in [0.2, 0.25) is 0 Å². The molecule has 2 aromatic heterocycles. The first-order valence-electron chi connectivity index (χ1n) is 9.35. The fraction of sp³-hybridized carbons (Fsp3) is 0.368. The third kappa shape index (κ3) is 5.17. The Morgan fingerprint density at radius 1 is 1.14 bits per heavy atom. The topological polar surface area (TPSA) is 148 Å². The largest absolute Gasteiger partial charge is 0.365 e. The van der Waals surface area contributed by atoms with Gasteiger partial charge in [0.05, 0.1) is 29.3 Å². The van der Waals surface area contributed by atoms with Crippen LogP contribution in [-0.2, 0) is 4.79 Å². The molecule has 29 heavy (non-hydrogen) atoms. The average molecular weight is 401 g/mol. The summed E-state index contributed by atoms with van der Waals surface area (Å²) in [6.45, 7) is 1.38. The van der Waals surface area contributed by atoms with Crippen molar-refractivity contribution >= 4 is 34.8 Å². The van der Waals surface area contributed by atoms with Crippen molar-refractivity contribution in [2.75, 3.05) is 16.0 Å². The minimum Gasteiger partial charge on any atom is -0.365 e. The van der Waals surface area contributed by atoms with E-state index in [0.717, 1.165) is 31.7 Å². The second-order valence-electron chi connectivity index (χ2n) is 7.05. The van der Waals surface area contributed by atoms with Gasteiger partial charge in [-0.2, -0.15) is 0 Å². The Morgan fingerprint density at radius 2 is 1.86 bits per heavy atom. The Bertz CT molecular complexity index is 921. The molecule has 7 N–H and O–H groups in total. The lowest BCUT2D eigenvalue weighted by Crippen LogP contribution is -2.43. The minimum absolute atomic E-state index is 0.00850. The van der Waals surface area contributed by atoms with Crippen molar-refractivity contribution in [1.29, 1.82) is 0 Å².